The van der Waals surface area contributed by atoms with Gasteiger partial charge < -0.3 is 9.47 Å². The van der Waals surface area contributed by atoms with Crippen molar-refractivity contribution < 1.29 is 27.0 Å². The van der Waals surface area contributed by atoms with Crippen LogP contribution in [0.1, 0.15) is 17.4 Å². The first-order valence-electron chi connectivity index (χ1n) is 4.69. The SMILES string of the molecule is Fc1c(Cl)ccc(C(F)(F)F)c1C1OCCO1. The normalized spacial score (nSPS) is 17.7. The van der Waals surface area contributed by atoms with Crippen LogP contribution in [0, 0.1) is 5.82 Å². The number of halogens is 5. The molecule has 1 aromatic carbocycles. The summed E-state index contributed by atoms with van der Waals surface area (Å²) >= 11 is 5.46. The molecule has 0 aromatic heterocycles. The van der Waals surface area contributed by atoms with E-state index >= 15 is 0 Å². The van der Waals surface area contributed by atoms with Gasteiger partial charge >= 0.3 is 6.18 Å². The largest absolute Gasteiger partial charge is 0.416 e. The van der Waals surface area contributed by atoms with E-state index in [1.165, 1.54) is 0 Å². The number of hydrogen-bond acceptors (Lipinski definition) is 2. The molecule has 7 heteroatoms. The molecule has 0 spiro atoms. The summed E-state index contributed by atoms with van der Waals surface area (Å²) in [6.45, 7) is 0.238. The molecule has 2 rings (SSSR count). The molecule has 1 aliphatic heterocycles. The summed E-state index contributed by atoms with van der Waals surface area (Å²) in [5.41, 5.74) is -1.83. The van der Waals surface area contributed by atoms with Gasteiger partial charge in [-0.25, -0.2) is 4.39 Å². The molecular weight excluding hydrogens is 264 g/mol. The smallest absolute Gasteiger partial charge is 0.346 e. The summed E-state index contributed by atoms with van der Waals surface area (Å²) in [7, 11) is 0. The fourth-order valence-electron chi connectivity index (χ4n) is 1.57. The first-order valence-corrected chi connectivity index (χ1v) is 5.07. The van der Waals surface area contributed by atoms with Crippen LogP contribution in [-0.4, -0.2) is 13.2 Å². The molecule has 0 aliphatic carbocycles. The van der Waals surface area contributed by atoms with Crippen molar-refractivity contribution in [3.63, 3.8) is 0 Å². The standard InChI is InChI=1S/C10H7ClF4O2/c11-6-2-1-5(10(13,14)15)7(8(6)12)9-16-3-4-17-9/h1-2,9H,3-4H2. The molecule has 1 aromatic rings. The van der Waals surface area contributed by atoms with Crippen LogP contribution in [0.5, 0.6) is 0 Å². The molecule has 1 fully saturated rings. The van der Waals surface area contributed by atoms with Gasteiger partial charge in [0.05, 0.1) is 29.4 Å². The second kappa shape index (κ2) is 4.44. The Balaban J connectivity index is 2.55. The summed E-state index contributed by atoms with van der Waals surface area (Å²) in [4.78, 5) is 0. The predicted molar refractivity (Wildman–Crippen MR) is 51.1 cm³/mol. The van der Waals surface area contributed by atoms with Gasteiger partial charge in [0, 0.05) is 0 Å². The van der Waals surface area contributed by atoms with Crippen molar-refractivity contribution in [2.24, 2.45) is 0 Å². The van der Waals surface area contributed by atoms with E-state index in [0.29, 0.717) is 6.07 Å². The van der Waals surface area contributed by atoms with Gasteiger partial charge in [-0.05, 0) is 12.1 Å². The van der Waals surface area contributed by atoms with Crippen molar-refractivity contribution in [1.29, 1.82) is 0 Å². The number of ether oxygens (including phenoxy) is 2. The average molecular weight is 271 g/mol. The molecule has 0 bridgehead atoms. The number of alkyl halides is 3. The lowest BCUT2D eigenvalue weighted by Gasteiger charge is -2.18. The zero-order valence-corrected chi connectivity index (χ0v) is 9.11. The van der Waals surface area contributed by atoms with Crippen LogP contribution in [0.25, 0.3) is 0 Å². The van der Waals surface area contributed by atoms with Crippen LogP contribution in [-0.2, 0) is 15.7 Å². The Morgan fingerprint density at radius 2 is 1.76 bits per heavy atom. The molecule has 0 atom stereocenters. The minimum atomic E-state index is -4.68. The van der Waals surface area contributed by atoms with E-state index in [-0.39, 0.29) is 13.2 Å². The zero-order chi connectivity index (χ0) is 12.6. The highest BCUT2D eigenvalue weighted by molar-refractivity contribution is 6.30. The van der Waals surface area contributed by atoms with Gasteiger partial charge in [0.15, 0.2) is 12.1 Å². The molecule has 0 N–H and O–H groups in total. The van der Waals surface area contributed by atoms with Gasteiger partial charge in [0.25, 0.3) is 0 Å². The van der Waals surface area contributed by atoms with Gasteiger partial charge in [0.1, 0.15) is 0 Å². The maximum atomic E-state index is 13.7. The van der Waals surface area contributed by atoms with Crippen LogP contribution < -0.4 is 0 Å². The van der Waals surface area contributed by atoms with Crippen LogP contribution >= 0.6 is 11.6 Å². The minimum Gasteiger partial charge on any atom is -0.346 e. The molecule has 17 heavy (non-hydrogen) atoms. The maximum Gasteiger partial charge on any atom is 0.416 e. The number of benzene rings is 1. The average Bonchev–Trinajstić information content (AvgIpc) is 2.73. The van der Waals surface area contributed by atoms with Crippen LogP contribution in [0.3, 0.4) is 0 Å². The van der Waals surface area contributed by atoms with Gasteiger partial charge in [-0.2, -0.15) is 13.2 Å². The Hall–Kier alpha value is -0.850. The third-order valence-corrected chi connectivity index (χ3v) is 2.59. The lowest BCUT2D eigenvalue weighted by atomic mass is 10.1. The summed E-state index contributed by atoms with van der Waals surface area (Å²) < 4.78 is 61.5. The van der Waals surface area contributed by atoms with Crippen LogP contribution in [0.15, 0.2) is 12.1 Å². The lowest BCUT2D eigenvalue weighted by Crippen LogP contribution is -2.14. The highest BCUT2D eigenvalue weighted by atomic mass is 35.5. The predicted octanol–water partition coefficient (Wildman–Crippen LogP) is 3.54. The third kappa shape index (κ3) is 2.38. The zero-order valence-electron chi connectivity index (χ0n) is 8.35. The molecular formula is C10H7ClF4O2. The number of hydrogen-bond donors (Lipinski definition) is 0. The van der Waals surface area contributed by atoms with Crippen molar-refractivity contribution in [3.05, 3.63) is 34.1 Å². The molecule has 0 saturated carbocycles. The van der Waals surface area contributed by atoms with E-state index in [2.05, 4.69) is 0 Å². The highest BCUT2D eigenvalue weighted by Gasteiger charge is 2.39. The minimum absolute atomic E-state index is 0.119. The van der Waals surface area contributed by atoms with Crippen LogP contribution in [0.4, 0.5) is 17.6 Å². The Morgan fingerprint density at radius 3 is 2.29 bits per heavy atom. The second-order valence-corrected chi connectivity index (χ2v) is 3.80. The Kier molecular flexibility index (Phi) is 3.29. The lowest BCUT2D eigenvalue weighted by molar-refractivity contribution is -0.142. The van der Waals surface area contributed by atoms with E-state index in [4.69, 9.17) is 21.1 Å². The van der Waals surface area contributed by atoms with Gasteiger partial charge in [-0.15, -0.1) is 0 Å². The van der Waals surface area contributed by atoms with Crippen LogP contribution in [0.2, 0.25) is 5.02 Å². The molecule has 1 saturated heterocycles. The Morgan fingerprint density at radius 1 is 1.18 bits per heavy atom. The molecule has 0 radical (unpaired) electrons. The fourth-order valence-corrected chi connectivity index (χ4v) is 1.73. The third-order valence-electron chi connectivity index (χ3n) is 2.30. The molecule has 0 amide bonds. The second-order valence-electron chi connectivity index (χ2n) is 3.39. The van der Waals surface area contributed by atoms with E-state index in [1.54, 1.807) is 0 Å². The summed E-state index contributed by atoms with van der Waals surface area (Å²) in [6.07, 6.45) is -6.04. The molecule has 1 aliphatic rings. The quantitative estimate of drug-likeness (QED) is 0.727. The molecule has 2 nitrogen and oxygen atoms in total. The molecule has 0 unspecified atom stereocenters. The highest BCUT2D eigenvalue weighted by Crippen LogP contribution is 2.40. The van der Waals surface area contributed by atoms with E-state index in [1.807, 2.05) is 0 Å². The summed E-state index contributed by atoms with van der Waals surface area (Å²) in [5, 5.41) is -0.396. The molecule has 1 heterocycles. The summed E-state index contributed by atoms with van der Waals surface area (Å²) in [5.74, 6) is -1.16. The Bertz CT molecular complexity index is 427. The summed E-state index contributed by atoms with van der Waals surface area (Å²) in [6, 6.07) is 1.57. The first kappa shape index (κ1) is 12.6. The van der Waals surface area contributed by atoms with E-state index in [9.17, 15) is 17.6 Å². The molecule has 94 valence electrons. The van der Waals surface area contributed by atoms with Crippen molar-refractivity contribution in [3.8, 4) is 0 Å². The van der Waals surface area contributed by atoms with Crippen molar-refractivity contribution >= 4 is 11.6 Å². The van der Waals surface area contributed by atoms with Gasteiger partial charge in [-0.1, -0.05) is 11.6 Å². The monoisotopic (exact) mass is 270 g/mol. The van der Waals surface area contributed by atoms with Gasteiger partial charge in [0.2, 0.25) is 0 Å². The first-order chi connectivity index (χ1) is 7.91. The van der Waals surface area contributed by atoms with Gasteiger partial charge in [-0.3, -0.25) is 0 Å². The van der Waals surface area contributed by atoms with E-state index < -0.39 is 34.4 Å². The van der Waals surface area contributed by atoms with Crippen molar-refractivity contribution in [2.45, 2.75) is 12.5 Å². The van der Waals surface area contributed by atoms with Crippen molar-refractivity contribution in [1.82, 2.24) is 0 Å². The van der Waals surface area contributed by atoms with Crippen molar-refractivity contribution in [2.75, 3.05) is 13.2 Å². The maximum absolute atomic E-state index is 13.7. The van der Waals surface area contributed by atoms with E-state index in [0.717, 1.165) is 6.07 Å². The Labute approximate surface area is 99.1 Å². The topological polar surface area (TPSA) is 18.5 Å². The number of rotatable bonds is 1. The fraction of sp³-hybridized carbons (Fsp3) is 0.400.